The van der Waals surface area contributed by atoms with Gasteiger partial charge < -0.3 is 15.0 Å². The smallest absolute Gasteiger partial charge is 0.325 e. The number of nitrogens with one attached hydrogen (secondary N) is 1. The molecular weight excluding hydrogens is 346 g/mol. The number of amides is 4. The maximum Gasteiger partial charge on any atom is 0.325 e. The standard InChI is InChI=1S/C20H25N3O4/c1-19(14-4-6-15(27-2)7-5-14)17(25)23(18(26)21-19)12-16(24)22-11-3-8-20(13-22)9-10-20/h4-7H,3,8-13H2,1-2H3,(H,21,26). The van der Waals surface area contributed by atoms with E-state index in [1.54, 1.807) is 38.3 Å². The van der Waals surface area contributed by atoms with Gasteiger partial charge in [0, 0.05) is 13.1 Å². The second-order valence-electron chi connectivity index (χ2n) is 8.09. The first kappa shape index (κ1) is 17.8. The number of hydrogen-bond donors (Lipinski definition) is 1. The molecule has 3 aliphatic rings. The van der Waals surface area contributed by atoms with Crippen LogP contribution < -0.4 is 10.1 Å². The third-order valence-electron chi connectivity index (χ3n) is 6.21. The predicted octanol–water partition coefficient (Wildman–Crippen LogP) is 1.86. The van der Waals surface area contributed by atoms with Crippen LogP contribution in [0.1, 0.15) is 38.2 Å². The number of rotatable bonds is 4. The first-order valence-corrected chi connectivity index (χ1v) is 9.43. The Balaban J connectivity index is 1.48. The molecule has 2 aliphatic heterocycles. The Kier molecular flexibility index (Phi) is 4.13. The number of nitrogens with zero attached hydrogens (tertiary/aromatic N) is 2. The predicted molar refractivity (Wildman–Crippen MR) is 98.1 cm³/mol. The van der Waals surface area contributed by atoms with Crippen LogP contribution in [0.4, 0.5) is 4.79 Å². The van der Waals surface area contributed by atoms with Crippen LogP contribution in [0.25, 0.3) is 0 Å². The van der Waals surface area contributed by atoms with Crippen molar-refractivity contribution in [2.75, 3.05) is 26.7 Å². The van der Waals surface area contributed by atoms with E-state index in [1.165, 1.54) is 19.3 Å². The summed E-state index contributed by atoms with van der Waals surface area (Å²) in [6.45, 7) is 2.93. The van der Waals surface area contributed by atoms with E-state index in [-0.39, 0.29) is 12.5 Å². The molecule has 1 aromatic carbocycles. The van der Waals surface area contributed by atoms with Gasteiger partial charge in [-0.3, -0.25) is 14.5 Å². The number of likely N-dealkylation sites (tertiary alicyclic amines) is 1. The number of hydrogen-bond acceptors (Lipinski definition) is 4. The van der Waals surface area contributed by atoms with E-state index in [0.717, 1.165) is 17.9 Å². The van der Waals surface area contributed by atoms with Gasteiger partial charge in [0.15, 0.2) is 0 Å². The van der Waals surface area contributed by atoms with Gasteiger partial charge in [-0.1, -0.05) is 12.1 Å². The number of carbonyl (C=O) groups excluding carboxylic acids is 3. The van der Waals surface area contributed by atoms with Crippen LogP contribution in [-0.4, -0.2) is 54.4 Å². The van der Waals surface area contributed by atoms with Crippen LogP contribution >= 0.6 is 0 Å². The normalized spacial score (nSPS) is 26.3. The molecule has 2 saturated heterocycles. The largest absolute Gasteiger partial charge is 0.497 e. The minimum absolute atomic E-state index is 0.150. The summed E-state index contributed by atoms with van der Waals surface area (Å²) < 4.78 is 5.14. The first-order valence-electron chi connectivity index (χ1n) is 9.43. The van der Waals surface area contributed by atoms with Crippen LogP contribution in [-0.2, 0) is 15.1 Å². The molecule has 1 atom stereocenters. The lowest BCUT2D eigenvalue weighted by atomic mass is 9.92. The molecule has 7 nitrogen and oxygen atoms in total. The third-order valence-corrected chi connectivity index (χ3v) is 6.21. The molecule has 2 heterocycles. The minimum atomic E-state index is -1.18. The Morgan fingerprint density at radius 1 is 1.19 bits per heavy atom. The maximum atomic E-state index is 13.0. The Morgan fingerprint density at radius 3 is 2.52 bits per heavy atom. The number of methoxy groups -OCH3 is 1. The Morgan fingerprint density at radius 2 is 1.89 bits per heavy atom. The van der Waals surface area contributed by atoms with Crippen LogP contribution in [0.2, 0.25) is 0 Å². The summed E-state index contributed by atoms with van der Waals surface area (Å²) in [7, 11) is 1.57. The Labute approximate surface area is 158 Å². The highest BCUT2D eigenvalue weighted by Crippen LogP contribution is 2.52. The van der Waals surface area contributed by atoms with Gasteiger partial charge in [0.2, 0.25) is 5.91 Å². The average molecular weight is 371 g/mol. The topological polar surface area (TPSA) is 79.0 Å². The number of piperidine rings is 1. The summed E-state index contributed by atoms with van der Waals surface area (Å²) in [6.07, 6.45) is 4.52. The van der Waals surface area contributed by atoms with E-state index < -0.39 is 17.5 Å². The minimum Gasteiger partial charge on any atom is -0.497 e. The molecule has 0 radical (unpaired) electrons. The van der Waals surface area contributed by atoms with Crippen molar-refractivity contribution in [3.05, 3.63) is 29.8 Å². The van der Waals surface area contributed by atoms with E-state index in [0.29, 0.717) is 23.3 Å². The second-order valence-corrected chi connectivity index (χ2v) is 8.09. The zero-order chi connectivity index (χ0) is 19.2. The van der Waals surface area contributed by atoms with Gasteiger partial charge in [-0.25, -0.2) is 4.79 Å². The highest BCUT2D eigenvalue weighted by Gasteiger charge is 2.51. The van der Waals surface area contributed by atoms with Crippen molar-refractivity contribution in [2.45, 2.75) is 38.1 Å². The molecule has 4 amide bonds. The van der Waals surface area contributed by atoms with Gasteiger partial charge in [0.05, 0.1) is 7.11 Å². The Hall–Kier alpha value is -2.57. The lowest BCUT2D eigenvalue weighted by Gasteiger charge is -2.33. The van der Waals surface area contributed by atoms with Crippen molar-refractivity contribution < 1.29 is 19.1 Å². The van der Waals surface area contributed by atoms with Crippen molar-refractivity contribution in [1.29, 1.82) is 0 Å². The van der Waals surface area contributed by atoms with Crippen LogP contribution in [0.5, 0.6) is 5.75 Å². The number of urea groups is 1. The lowest BCUT2D eigenvalue weighted by molar-refractivity contribution is -0.140. The fourth-order valence-corrected chi connectivity index (χ4v) is 4.20. The molecule has 1 N–H and O–H groups in total. The maximum absolute atomic E-state index is 13.0. The summed E-state index contributed by atoms with van der Waals surface area (Å²) in [6, 6.07) is 6.48. The van der Waals surface area contributed by atoms with Crippen molar-refractivity contribution >= 4 is 17.8 Å². The van der Waals surface area contributed by atoms with Crippen molar-refractivity contribution in [3.8, 4) is 5.75 Å². The zero-order valence-corrected chi connectivity index (χ0v) is 15.8. The molecule has 1 unspecified atom stereocenters. The van der Waals surface area contributed by atoms with Gasteiger partial charge >= 0.3 is 6.03 Å². The van der Waals surface area contributed by atoms with Crippen molar-refractivity contribution in [1.82, 2.24) is 15.1 Å². The summed E-state index contributed by atoms with van der Waals surface area (Å²) >= 11 is 0. The van der Waals surface area contributed by atoms with E-state index in [2.05, 4.69) is 5.32 Å². The highest BCUT2D eigenvalue weighted by molar-refractivity contribution is 6.09. The SMILES string of the molecule is COc1ccc(C2(C)NC(=O)N(CC(=O)N3CCCC4(CC4)C3)C2=O)cc1. The van der Waals surface area contributed by atoms with E-state index in [9.17, 15) is 14.4 Å². The number of carbonyl (C=O) groups is 3. The highest BCUT2D eigenvalue weighted by atomic mass is 16.5. The molecule has 1 aliphatic carbocycles. The molecule has 27 heavy (non-hydrogen) atoms. The van der Waals surface area contributed by atoms with Gasteiger partial charge in [-0.05, 0) is 55.7 Å². The molecular formula is C20H25N3O4. The second kappa shape index (κ2) is 6.25. The molecule has 1 saturated carbocycles. The van der Waals surface area contributed by atoms with Gasteiger partial charge in [-0.15, -0.1) is 0 Å². The fraction of sp³-hybridized carbons (Fsp3) is 0.550. The van der Waals surface area contributed by atoms with Gasteiger partial charge in [0.25, 0.3) is 5.91 Å². The van der Waals surface area contributed by atoms with Gasteiger partial charge in [0.1, 0.15) is 17.8 Å². The van der Waals surface area contributed by atoms with E-state index >= 15 is 0 Å². The lowest BCUT2D eigenvalue weighted by Crippen LogP contribution is -2.47. The molecule has 0 bridgehead atoms. The van der Waals surface area contributed by atoms with Crippen molar-refractivity contribution in [3.63, 3.8) is 0 Å². The number of imide groups is 1. The molecule has 0 aromatic heterocycles. The molecule has 3 fully saturated rings. The van der Waals surface area contributed by atoms with E-state index in [1.807, 2.05) is 4.90 Å². The molecule has 1 aromatic rings. The summed E-state index contributed by atoms with van der Waals surface area (Å²) in [5, 5.41) is 2.75. The summed E-state index contributed by atoms with van der Waals surface area (Å²) in [4.78, 5) is 41.0. The zero-order valence-electron chi connectivity index (χ0n) is 15.8. The average Bonchev–Trinajstić information content (AvgIpc) is 3.38. The van der Waals surface area contributed by atoms with Crippen LogP contribution in [0.15, 0.2) is 24.3 Å². The molecule has 144 valence electrons. The first-order chi connectivity index (χ1) is 12.9. The monoisotopic (exact) mass is 371 g/mol. The Bertz CT molecular complexity index is 787. The third kappa shape index (κ3) is 3.05. The fourth-order valence-electron chi connectivity index (χ4n) is 4.20. The van der Waals surface area contributed by atoms with E-state index in [4.69, 9.17) is 4.74 Å². The molecule has 7 heteroatoms. The van der Waals surface area contributed by atoms with Crippen LogP contribution in [0, 0.1) is 5.41 Å². The van der Waals surface area contributed by atoms with Gasteiger partial charge in [-0.2, -0.15) is 0 Å². The number of benzene rings is 1. The molecule has 4 rings (SSSR count). The molecule has 1 spiro atoms. The summed E-state index contributed by atoms with van der Waals surface area (Å²) in [5.41, 5.74) is -0.210. The summed E-state index contributed by atoms with van der Waals surface area (Å²) in [5.74, 6) is 0.123. The van der Waals surface area contributed by atoms with Crippen molar-refractivity contribution in [2.24, 2.45) is 5.41 Å². The van der Waals surface area contributed by atoms with Crippen LogP contribution in [0.3, 0.4) is 0 Å². The quantitative estimate of drug-likeness (QED) is 0.820. The number of ether oxygens (including phenoxy) is 1.